The van der Waals surface area contributed by atoms with Crippen LogP contribution in [0.2, 0.25) is 0 Å². The SMILES string of the molecule is CCCCCCCCOc1ccc(SCCC(F)(F)C(F)(F)C(F)(F)C(F)(F)C(F)(F)C(F)(F)C(F)(F)C(F)(F)F)cc1. The summed E-state index contributed by atoms with van der Waals surface area (Å²) in [5.74, 6) is -57.1. The number of hydrogen-bond donors (Lipinski definition) is 0. The van der Waals surface area contributed by atoms with Gasteiger partial charge in [-0.25, -0.2) is 0 Å². The zero-order valence-corrected chi connectivity index (χ0v) is 22.7. The highest BCUT2D eigenvalue weighted by atomic mass is 32.2. The first-order chi connectivity index (χ1) is 19.3. The molecule has 0 spiro atoms. The summed E-state index contributed by atoms with van der Waals surface area (Å²) in [6, 6.07) is 5.01. The van der Waals surface area contributed by atoms with Crippen LogP contribution in [-0.2, 0) is 0 Å². The predicted molar refractivity (Wildman–Crippen MR) is 121 cm³/mol. The van der Waals surface area contributed by atoms with Crippen LogP contribution in [0.4, 0.5) is 74.6 Å². The highest BCUT2D eigenvalue weighted by Crippen LogP contribution is 2.64. The average Bonchev–Trinajstić information content (AvgIpc) is 2.87. The van der Waals surface area contributed by atoms with Crippen LogP contribution in [0.15, 0.2) is 29.2 Å². The van der Waals surface area contributed by atoms with Gasteiger partial charge in [-0.2, -0.15) is 74.6 Å². The number of benzene rings is 1. The summed E-state index contributed by atoms with van der Waals surface area (Å²) in [6.07, 6.45) is -4.47. The molecular formula is C24H25F17OS. The van der Waals surface area contributed by atoms with Crippen molar-refractivity contribution < 1.29 is 79.4 Å². The number of hydrogen-bond acceptors (Lipinski definition) is 2. The van der Waals surface area contributed by atoms with Gasteiger partial charge in [-0.05, 0) is 30.7 Å². The van der Waals surface area contributed by atoms with E-state index >= 15 is 0 Å². The Morgan fingerprint density at radius 1 is 0.535 bits per heavy atom. The molecular weight excluding hydrogens is 659 g/mol. The van der Waals surface area contributed by atoms with Crippen LogP contribution in [0, 0.1) is 0 Å². The Morgan fingerprint density at radius 3 is 1.42 bits per heavy atom. The highest BCUT2D eigenvalue weighted by molar-refractivity contribution is 7.99. The van der Waals surface area contributed by atoms with Gasteiger partial charge in [0.25, 0.3) is 0 Å². The second-order valence-electron chi connectivity index (χ2n) is 9.33. The number of unbranched alkanes of at least 4 members (excludes halogenated alkanes) is 5. The average molecular weight is 684 g/mol. The van der Waals surface area contributed by atoms with Crippen molar-refractivity contribution in [3.8, 4) is 5.75 Å². The van der Waals surface area contributed by atoms with Crippen LogP contribution in [0.25, 0.3) is 0 Å². The molecule has 0 heterocycles. The second-order valence-corrected chi connectivity index (χ2v) is 10.5. The van der Waals surface area contributed by atoms with Crippen LogP contribution < -0.4 is 4.74 Å². The highest BCUT2D eigenvalue weighted by Gasteiger charge is 2.95. The lowest BCUT2D eigenvalue weighted by atomic mass is 9.88. The van der Waals surface area contributed by atoms with Crippen LogP contribution in [0.5, 0.6) is 5.75 Å². The van der Waals surface area contributed by atoms with Crippen molar-refractivity contribution >= 4 is 11.8 Å². The van der Waals surface area contributed by atoms with Crippen molar-refractivity contribution in [2.24, 2.45) is 0 Å². The van der Waals surface area contributed by atoms with Crippen LogP contribution in [0.1, 0.15) is 51.9 Å². The van der Waals surface area contributed by atoms with E-state index < -0.39 is 59.8 Å². The largest absolute Gasteiger partial charge is 0.494 e. The summed E-state index contributed by atoms with van der Waals surface area (Å²) in [5.41, 5.74) is 0. The van der Waals surface area contributed by atoms with Gasteiger partial charge in [-0.3, -0.25) is 0 Å². The third-order valence-corrected chi connectivity index (χ3v) is 7.08. The molecule has 1 aromatic rings. The molecule has 1 aromatic carbocycles. The number of ether oxygens (including phenoxy) is 1. The minimum atomic E-state index is -8.62. The Bertz CT molecular complexity index is 1010. The molecule has 0 saturated carbocycles. The van der Waals surface area contributed by atoms with E-state index in [1.165, 1.54) is 24.3 Å². The number of halogens is 17. The molecule has 252 valence electrons. The molecule has 43 heavy (non-hydrogen) atoms. The van der Waals surface area contributed by atoms with Gasteiger partial charge in [0.05, 0.1) is 6.61 Å². The molecule has 0 aliphatic heterocycles. The summed E-state index contributed by atoms with van der Waals surface area (Å²) in [4.78, 5) is 0.0173. The van der Waals surface area contributed by atoms with Crippen LogP contribution in [0.3, 0.4) is 0 Å². The van der Waals surface area contributed by atoms with E-state index in [2.05, 4.69) is 0 Å². The molecule has 0 amide bonds. The fourth-order valence-corrected chi connectivity index (χ4v) is 4.28. The molecule has 0 radical (unpaired) electrons. The van der Waals surface area contributed by atoms with Crippen molar-refractivity contribution in [3.63, 3.8) is 0 Å². The smallest absolute Gasteiger partial charge is 0.460 e. The molecule has 1 rings (SSSR count). The fourth-order valence-electron chi connectivity index (χ4n) is 3.35. The minimum Gasteiger partial charge on any atom is -0.494 e. The summed E-state index contributed by atoms with van der Waals surface area (Å²) >= 11 is 0.252. The van der Waals surface area contributed by atoms with Crippen molar-refractivity contribution in [2.75, 3.05) is 12.4 Å². The van der Waals surface area contributed by atoms with Gasteiger partial charge in [-0.15, -0.1) is 11.8 Å². The lowest BCUT2D eigenvalue weighted by Crippen LogP contribution is -2.74. The summed E-state index contributed by atoms with van der Waals surface area (Å²) in [7, 11) is 0. The molecule has 0 aromatic heterocycles. The zero-order valence-electron chi connectivity index (χ0n) is 21.9. The van der Waals surface area contributed by atoms with E-state index in [1.54, 1.807) is 0 Å². The Morgan fingerprint density at radius 2 is 0.953 bits per heavy atom. The molecule has 19 heteroatoms. The second kappa shape index (κ2) is 13.7. The Hall–Kier alpha value is -1.82. The van der Waals surface area contributed by atoms with Gasteiger partial charge in [0.2, 0.25) is 0 Å². The van der Waals surface area contributed by atoms with E-state index in [9.17, 15) is 74.6 Å². The van der Waals surface area contributed by atoms with Crippen LogP contribution in [-0.4, -0.2) is 60.0 Å². The van der Waals surface area contributed by atoms with Gasteiger partial charge in [-0.1, -0.05) is 39.0 Å². The van der Waals surface area contributed by atoms with Gasteiger partial charge in [0.1, 0.15) is 5.75 Å². The monoisotopic (exact) mass is 684 g/mol. The zero-order chi connectivity index (χ0) is 33.8. The van der Waals surface area contributed by atoms with Crippen molar-refractivity contribution in [3.05, 3.63) is 24.3 Å². The van der Waals surface area contributed by atoms with Crippen LogP contribution >= 0.6 is 11.8 Å². The van der Waals surface area contributed by atoms with E-state index in [1.807, 2.05) is 6.92 Å². The first-order valence-electron chi connectivity index (χ1n) is 12.3. The molecule has 0 fully saturated rings. The molecule has 0 saturated heterocycles. The number of thioether (sulfide) groups is 1. The third kappa shape index (κ3) is 7.71. The normalized spacial score (nSPS) is 14.7. The molecule has 0 unspecified atom stereocenters. The summed E-state index contributed by atoms with van der Waals surface area (Å²) in [5, 5.41) is 0. The van der Waals surface area contributed by atoms with Crippen molar-refractivity contribution in [2.45, 2.75) is 104 Å². The van der Waals surface area contributed by atoms with E-state index in [0.29, 0.717) is 18.8 Å². The maximum Gasteiger partial charge on any atom is 0.460 e. The molecule has 1 nitrogen and oxygen atoms in total. The topological polar surface area (TPSA) is 9.23 Å². The Balaban J connectivity index is 2.97. The maximum atomic E-state index is 14.0. The lowest BCUT2D eigenvalue weighted by molar-refractivity contribution is -0.461. The summed E-state index contributed by atoms with van der Waals surface area (Å²) in [6.45, 7) is 2.36. The first-order valence-corrected chi connectivity index (χ1v) is 13.3. The first kappa shape index (κ1) is 39.2. The van der Waals surface area contributed by atoms with Crippen molar-refractivity contribution in [1.82, 2.24) is 0 Å². The van der Waals surface area contributed by atoms with Gasteiger partial charge < -0.3 is 4.74 Å². The van der Waals surface area contributed by atoms with E-state index in [0.717, 1.165) is 32.1 Å². The van der Waals surface area contributed by atoms with Gasteiger partial charge in [0, 0.05) is 17.1 Å². The Labute approximate surface area is 238 Å². The standard InChI is InChI=1S/C24H25F17OS/c1-2-3-4-5-6-7-13-42-15-8-10-16(11-9-15)43-14-12-17(25,26)18(27,28)19(29,30)20(31,32)21(33,34)22(35,36)23(37,38)24(39,40)41/h8-11H,2-7,12-14H2,1H3. The molecule has 0 bridgehead atoms. The predicted octanol–water partition coefficient (Wildman–Crippen LogP) is 10.9. The molecule has 0 N–H and O–H groups in total. The van der Waals surface area contributed by atoms with Gasteiger partial charge >= 0.3 is 47.6 Å². The fraction of sp³-hybridized carbons (Fsp3) is 0.750. The molecule has 0 aliphatic carbocycles. The van der Waals surface area contributed by atoms with Crippen molar-refractivity contribution in [1.29, 1.82) is 0 Å². The lowest BCUT2D eigenvalue weighted by Gasteiger charge is -2.42. The maximum absolute atomic E-state index is 14.0. The molecule has 0 aliphatic rings. The number of rotatable bonds is 18. The Kier molecular flexibility index (Phi) is 12.5. The minimum absolute atomic E-state index is 0.0173. The van der Waals surface area contributed by atoms with E-state index in [4.69, 9.17) is 4.74 Å². The molecule has 0 atom stereocenters. The third-order valence-electron chi connectivity index (χ3n) is 6.06. The summed E-state index contributed by atoms with van der Waals surface area (Å²) < 4.78 is 232. The van der Waals surface area contributed by atoms with E-state index in [-0.39, 0.29) is 16.7 Å². The van der Waals surface area contributed by atoms with Gasteiger partial charge in [0.15, 0.2) is 0 Å². The quantitative estimate of drug-likeness (QED) is 0.0865. The number of alkyl halides is 17.